The van der Waals surface area contributed by atoms with Gasteiger partial charge in [0.25, 0.3) is 0 Å². The smallest absolute Gasteiger partial charge is 0.146 e. The molecule has 0 amide bonds. The third-order valence-electron chi connectivity index (χ3n) is 8.64. The molecule has 3 atom stereocenters. The van der Waals surface area contributed by atoms with Crippen molar-refractivity contribution in [3.63, 3.8) is 0 Å². The third-order valence-corrected chi connectivity index (χ3v) is 9.96. The molecule has 0 saturated carbocycles. The molecule has 0 spiro atoms. The van der Waals surface area contributed by atoms with Crippen molar-refractivity contribution < 1.29 is 9.59 Å². The monoisotopic (exact) mass is 533 g/mol. The highest BCUT2D eigenvalue weighted by Gasteiger charge is 2.30. The second kappa shape index (κ2) is 8.63. The number of H-pyrrole nitrogens is 1. The number of rotatable bonds is 4. The van der Waals surface area contributed by atoms with Gasteiger partial charge in [-0.3, -0.25) is 14.6 Å². The lowest BCUT2D eigenvalue weighted by atomic mass is 9.78. The molecule has 8 rings (SSSR count). The minimum atomic E-state index is 0.0779. The normalized spacial score (nSPS) is 19.0. The SMILES string of the molecule is O=CPC1=NC2CCc3c(ccc4cc5c(cc34)CCc3cc4c(cc3-5)CCc3[nH]c(PC=O)nc3-4)C2=C1. The number of aryl methyl sites for hydroxylation is 5. The van der Waals surface area contributed by atoms with E-state index in [1.807, 2.05) is 0 Å². The first-order valence-corrected chi connectivity index (χ1v) is 15.4. The van der Waals surface area contributed by atoms with Crippen molar-refractivity contribution >= 4 is 56.6 Å². The van der Waals surface area contributed by atoms with E-state index in [0.717, 1.165) is 73.0 Å². The Morgan fingerprint density at radius 2 is 1.58 bits per heavy atom. The highest BCUT2D eigenvalue weighted by Crippen LogP contribution is 2.45. The molecular weight excluding hydrogens is 508 g/mol. The Morgan fingerprint density at radius 1 is 0.816 bits per heavy atom. The first-order valence-electron chi connectivity index (χ1n) is 13.2. The number of aliphatic imine (C=N–C) groups is 1. The Hall–Kier alpha value is -3.26. The van der Waals surface area contributed by atoms with Crippen LogP contribution in [0.3, 0.4) is 0 Å². The van der Waals surface area contributed by atoms with E-state index in [1.54, 1.807) is 0 Å². The number of hydrogen-bond acceptors (Lipinski definition) is 4. The van der Waals surface area contributed by atoms with Gasteiger partial charge < -0.3 is 4.98 Å². The fourth-order valence-electron chi connectivity index (χ4n) is 6.93. The van der Waals surface area contributed by atoms with Crippen LogP contribution in [0.25, 0.3) is 38.7 Å². The zero-order valence-electron chi connectivity index (χ0n) is 20.7. The first-order chi connectivity index (χ1) is 18.7. The van der Waals surface area contributed by atoms with Crippen molar-refractivity contribution in [2.45, 2.75) is 44.6 Å². The summed E-state index contributed by atoms with van der Waals surface area (Å²) >= 11 is 0. The zero-order valence-corrected chi connectivity index (χ0v) is 22.7. The van der Waals surface area contributed by atoms with Crippen molar-refractivity contribution in [2.24, 2.45) is 4.99 Å². The molecule has 0 fully saturated rings. The number of fused-ring (bicyclic) bond motifs is 11. The summed E-state index contributed by atoms with van der Waals surface area (Å²) in [5.74, 6) is 0. The maximum atomic E-state index is 11.1. The van der Waals surface area contributed by atoms with E-state index < -0.39 is 0 Å². The van der Waals surface area contributed by atoms with E-state index >= 15 is 0 Å². The maximum Gasteiger partial charge on any atom is 0.146 e. The molecule has 7 heteroatoms. The van der Waals surface area contributed by atoms with E-state index in [2.05, 4.69) is 47.5 Å². The lowest BCUT2D eigenvalue weighted by Crippen LogP contribution is -2.15. The van der Waals surface area contributed by atoms with E-state index in [1.165, 1.54) is 60.9 Å². The van der Waals surface area contributed by atoms with Crippen LogP contribution < -0.4 is 5.57 Å². The van der Waals surface area contributed by atoms with Crippen LogP contribution in [0.5, 0.6) is 0 Å². The molecule has 1 aromatic heterocycles. The van der Waals surface area contributed by atoms with Crippen molar-refractivity contribution in [2.75, 3.05) is 0 Å². The van der Waals surface area contributed by atoms with Crippen molar-refractivity contribution in [1.29, 1.82) is 0 Å². The van der Waals surface area contributed by atoms with Crippen LogP contribution >= 0.6 is 17.2 Å². The van der Waals surface area contributed by atoms with Crippen LogP contribution in [0.2, 0.25) is 0 Å². The third kappa shape index (κ3) is 3.38. The first kappa shape index (κ1) is 22.7. The zero-order chi connectivity index (χ0) is 25.4. The summed E-state index contributed by atoms with van der Waals surface area (Å²) < 4.78 is 0. The Bertz CT molecular complexity index is 1780. The van der Waals surface area contributed by atoms with Gasteiger partial charge in [0.2, 0.25) is 0 Å². The average Bonchev–Trinajstić information content (AvgIpc) is 3.55. The predicted molar refractivity (Wildman–Crippen MR) is 159 cm³/mol. The Balaban J connectivity index is 1.22. The molecule has 38 heavy (non-hydrogen) atoms. The summed E-state index contributed by atoms with van der Waals surface area (Å²) in [4.78, 5) is 35.1. The van der Waals surface area contributed by atoms with Gasteiger partial charge >= 0.3 is 0 Å². The van der Waals surface area contributed by atoms with Crippen molar-refractivity contribution in [3.8, 4) is 22.4 Å². The number of allylic oxidation sites excluding steroid dienone is 1. The number of carbonyl (C=O) groups is 2. The van der Waals surface area contributed by atoms with Crippen LogP contribution in [-0.2, 0) is 41.7 Å². The molecule has 0 bridgehead atoms. The van der Waals surface area contributed by atoms with Crippen LogP contribution in [0.4, 0.5) is 0 Å². The van der Waals surface area contributed by atoms with Crippen molar-refractivity contribution in [1.82, 2.24) is 9.97 Å². The molecule has 4 aromatic rings. The molecule has 3 aliphatic carbocycles. The molecule has 1 aliphatic heterocycles. The average molecular weight is 534 g/mol. The summed E-state index contributed by atoms with van der Waals surface area (Å²) in [6, 6.07) is 16.3. The van der Waals surface area contributed by atoms with E-state index in [0.29, 0.717) is 0 Å². The molecule has 5 nitrogen and oxygen atoms in total. The number of nitrogens with zero attached hydrogens (tertiary/aromatic N) is 2. The largest absolute Gasteiger partial charge is 0.341 e. The van der Waals surface area contributed by atoms with Gasteiger partial charge in [0.1, 0.15) is 17.6 Å². The standard InChI is InChI=1S/C31H25N3O2P2/c35-14-37-29-13-26-21-5-3-18-10-23-16(9-22(18)20(21)6-8-27(26)32-29)1-2-17-12-25-19(11-24(17)23)4-7-28-30(25)34-31(33-28)38-15-36/h3,5,9-15,27,37-38H,1-2,4,6-8H2,(H,33,34). The topological polar surface area (TPSA) is 75.2 Å². The van der Waals surface area contributed by atoms with E-state index in [9.17, 15) is 9.59 Å². The van der Waals surface area contributed by atoms with Gasteiger partial charge in [-0.1, -0.05) is 24.3 Å². The number of imidazole rings is 1. The van der Waals surface area contributed by atoms with E-state index in [-0.39, 0.29) is 23.2 Å². The van der Waals surface area contributed by atoms with Gasteiger partial charge in [-0.15, -0.1) is 0 Å². The summed E-state index contributed by atoms with van der Waals surface area (Å²) in [5.41, 5.74) is 16.1. The summed E-state index contributed by atoms with van der Waals surface area (Å²) in [6.07, 6.45) is 8.18. The number of aromatic nitrogens is 2. The molecule has 3 aromatic carbocycles. The number of carbonyl (C=O) groups excluding carboxylic acids is 2. The number of hydrogen-bond donors (Lipinski definition) is 1. The van der Waals surface area contributed by atoms with Gasteiger partial charge in [0.15, 0.2) is 0 Å². The second-order valence-corrected chi connectivity index (χ2v) is 12.6. The summed E-state index contributed by atoms with van der Waals surface area (Å²) in [7, 11) is 0.224. The second-order valence-electron chi connectivity index (χ2n) is 10.6. The van der Waals surface area contributed by atoms with E-state index in [4.69, 9.17) is 9.98 Å². The van der Waals surface area contributed by atoms with Crippen LogP contribution in [0.1, 0.15) is 39.9 Å². The molecule has 2 heterocycles. The Labute approximate surface area is 223 Å². The number of benzene rings is 3. The fourth-order valence-corrected chi connectivity index (χ4v) is 8.03. The molecule has 1 N–H and O–H groups in total. The lowest BCUT2D eigenvalue weighted by Gasteiger charge is -2.27. The maximum absolute atomic E-state index is 11.1. The van der Waals surface area contributed by atoms with Gasteiger partial charge in [-0.05, 0) is 121 Å². The number of aromatic amines is 1. The van der Waals surface area contributed by atoms with Crippen LogP contribution in [-0.4, -0.2) is 33.5 Å². The Kier molecular flexibility index (Phi) is 5.15. The highest BCUT2D eigenvalue weighted by molar-refractivity contribution is 7.72. The van der Waals surface area contributed by atoms with Gasteiger partial charge in [-0.2, -0.15) is 0 Å². The predicted octanol–water partition coefficient (Wildman–Crippen LogP) is 5.57. The minimum Gasteiger partial charge on any atom is -0.341 e. The Morgan fingerprint density at radius 3 is 2.45 bits per heavy atom. The number of nitrogens with one attached hydrogen (secondary N) is 1. The van der Waals surface area contributed by atoms with Gasteiger partial charge in [0, 0.05) is 19.8 Å². The summed E-state index contributed by atoms with van der Waals surface area (Å²) in [6.45, 7) is 0. The molecule has 3 unspecified atom stereocenters. The fraction of sp³-hybridized carbons (Fsp3) is 0.226. The molecule has 4 aliphatic rings. The lowest BCUT2D eigenvalue weighted by molar-refractivity contribution is 0.569. The quantitative estimate of drug-likeness (QED) is 0.276. The van der Waals surface area contributed by atoms with Gasteiger partial charge in [-0.25, -0.2) is 4.98 Å². The molecule has 0 radical (unpaired) electrons. The van der Waals surface area contributed by atoms with Crippen LogP contribution in [0, 0.1) is 0 Å². The molecule has 0 saturated heterocycles. The van der Waals surface area contributed by atoms with Crippen molar-refractivity contribution in [3.05, 3.63) is 76.0 Å². The highest BCUT2D eigenvalue weighted by atomic mass is 31.1. The molecular formula is C31H25N3O2P2. The van der Waals surface area contributed by atoms with Gasteiger partial charge in [0.05, 0.1) is 17.2 Å². The summed E-state index contributed by atoms with van der Waals surface area (Å²) in [5, 5.41) is 2.67. The molecule has 186 valence electrons. The minimum absolute atomic E-state index is 0.0779. The van der Waals surface area contributed by atoms with Crippen LogP contribution in [0.15, 0.2) is 47.5 Å².